The number of rotatable bonds is 1. The number of fused-ring (bicyclic) bond motifs is 1. The molecule has 0 radical (unpaired) electrons. The number of nitrogens with one attached hydrogen (secondary N) is 2. The first-order valence-electron chi connectivity index (χ1n) is 6.07. The highest BCUT2D eigenvalue weighted by Gasteiger charge is 2.25. The molecule has 3 rings (SSSR count). The summed E-state index contributed by atoms with van der Waals surface area (Å²) in [5.74, 6) is -0.0492. The lowest BCUT2D eigenvalue weighted by atomic mass is 10.0. The van der Waals surface area contributed by atoms with E-state index in [1.807, 2.05) is 49.4 Å². The van der Waals surface area contributed by atoms with Gasteiger partial charge < -0.3 is 10.6 Å². The summed E-state index contributed by atoms with van der Waals surface area (Å²) in [6, 6.07) is 13.6. The molecular formula is C15H13BrN2O. The first-order valence-corrected chi connectivity index (χ1v) is 6.87. The fourth-order valence-electron chi connectivity index (χ4n) is 2.23. The summed E-state index contributed by atoms with van der Waals surface area (Å²) in [4.78, 5) is 12.1. The van der Waals surface area contributed by atoms with Crippen molar-refractivity contribution in [3.05, 3.63) is 63.6 Å². The van der Waals surface area contributed by atoms with Crippen molar-refractivity contribution in [2.45, 2.75) is 13.1 Å². The van der Waals surface area contributed by atoms with Gasteiger partial charge in [0.25, 0.3) is 5.91 Å². The molecular weight excluding hydrogens is 304 g/mol. The Kier molecular flexibility index (Phi) is 3.03. The molecule has 2 aromatic carbocycles. The zero-order valence-corrected chi connectivity index (χ0v) is 12.0. The predicted molar refractivity (Wildman–Crippen MR) is 79.2 cm³/mol. The van der Waals surface area contributed by atoms with Crippen molar-refractivity contribution in [2.75, 3.05) is 5.32 Å². The predicted octanol–water partition coefficient (Wildman–Crippen LogP) is 3.61. The maximum absolute atomic E-state index is 12.1. The van der Waals surface area contributed by atoms with Gasteiger partial charge in [0.05, 0.1) is 5.56 Å². The molecule has 0 bridgehead atoms. The van der Waals surface area contributed by atoms with Gasteiger partial charge in [0.1, 0.15) is 6.17 Å². The third kappa shape index (κ3) is 2.24. The minimum Gasteiger partial charge on any atom is -0.361 e. The summed E-state index contributed by atoms with van der Waals surface area (Å²) in [7, 11) is 0. The van der Waals surface area contributed by atoms with Gasteiger partial charge in [-0.05, 0) is 30.7 Å². The normalized spacial score (nSPS) is 17.4. The average molecular weight is 317 g/mol. The molecule has 0 aromatic heterocycles. The third-order valence-corrected chi connectivity index (χ3v) is 3.90. The Bertz CT molecular complexity index is 654. The Morgan fingerprint density at radius 3 is 2.68 bits per heavy atom. The second-order valence-corrected chi connectivity index (χ2v) is 5.48. The van der Waals surface area contributed by atoms with Crippen molar-refractivity contribution < 1.29 is 4.79 Å². The molecule has 19 heavy (non-hydrogen) atoms. The van der Waals surface area contributed by atoms with Gasteiger partial charge in [0.15, 0.2) is 0 Å². The van der Waals surface area contributed by atoms with E-state index in [0.29, 0.717) is 5.56 Å². The first-order chi connectivity index (χ1) is 9.15. The van der Waals surface area contributed by atoms with Crippen LogP contribution in [0.25, 0.3) is 0 Å². The lowest BCUT2D eigenvalue weighted by Crippen LogP contribution is -2.38. The van der Waals surface area contributed by atoms with Crippen molar-refractivity contribution >= 4 is 27.5 Å². The largest absolute Gasteiger partial charge is 0.361 e. The summed E-state index contributed by atoms with van der Waals surface area (Å²) >= 11 is 3.55. The molecule has 96 valence electrons. The van der Waals surface area contributed by atoms with Crippen molar-refractivity contribution in [1.82, 2.24) is 5.32 Å². The van der Waals surface area contributed by atoms with E-state index >= 15 is 0 Å². The fraction of sp³-hybridized carbons (Fsp3) is 0.133. The average Bonchev–Trinajstić information content (AvgIpc) is 2.38. The second kappa shape index (κ2) is 4.70. The molecule has 1 aliphatic rings. The van der Waals surface area contributed by atoms with Crippen LogP contribution in [-0.2, 0) is 0 Å². The highest BCUT2D eigenvalue weighted by atomic mass is 79.9. The molecule has 1 aliphatic heterocycles. The van der Waals surface area contributed by atoms with Crippen molar-refractivity contribution in [2.24, 2.45) is 0 Å². The third-order valence-electron chi connectivity index (χ3n) is 3.21. The minimum absolute atomic E-state index is 0.0492. The van der Waals surface area contributed by atoms with E-state index in [-0.39, 0.29) is 12.1 Å². The Balaban J connectivity index is 1.99. The smallest absolute Gasteiger partial charge is 0.255 e. The topological polar surface area (TPSA) is 41.1 Å². The molecule has 4 heteroatoms. The number of para-hydroxylation sites is 1. The highest BCUT2D eigenvalue weighted by Crippen LogP contribution is 2.30. The van der Waals surface area contributed by atoms with E-state index in [1.54, 1.807) is 0 Å². The molecule has 1 heterocycles. The Hall–Kier alpha value is -1.81. The van der Waals surface area contributed by atoms with Crippen LogP contribution in [0.2, 0.25) is 0 Å². The molecule has 1 amide bonds. The van der Waals surface area contributed by atoms with E-state index in [2.05, 4.69) is 26.6 Å². The number of anilines is 1. The summed E-state index contributed by atoms with van der Waals surface area (Å²) < 4.78 is 0.990. The maximum Gasteiger partial charge on any atom is 0.255 e. The van der Waals surface area contributed by atoms with Crippen LogP contribution in [0.15, 0.2) is 46.9 Å². The Morgan fingerprint density at radius 1 is 1.11 bits per heavy atom. The van der Waals surface area contributed by atoms with Crippen LogP contribution in [-0.4, -0.2) is 5.91 Å². The van der Waals surface area contributed by atoms with Gasteiger partial charge in [0, 0.05) is 15.7 Å². The number of aryl methyl sites for hydroxylation is 1. The zero-order valence-electron chi connectivity index (χ0n) is 10.4. The minimum atomic E-state index is -0.211. The van der Waals surface area contributed by atoms with E-state index < -0.39 is 0 Å². The number of amides is 1. The number of hydrogen-bond acceptors (Lipinski definition) is 2. The number of benzene rings is 2. The summed E-state index contributed by atoms with van der Waals surface area (Å²) in [5.41, 5.74) is 3.75. The lowest BCUT2D eigenvalue weighted by Gasteiger charge is -2.28. The molecule has 3 nitrogen and oxygen atoms in total. The van der Waals surface area contributed by atoms with Crippen LogP contribution >= 0.6 is 15.9 Å². The van der Waals surface area contributed by atoms with Crippen molar-refractivity contribution in [3.8, 4) is 0 Å². The van der Waals surface area contributed by atoms with Crippen molar-refractivity contribution in [1.29, 1.82) is 0 Å². The van der Waals surface area contributed by atoms with E-state index in [9.17, 15) is 4.79 Å². The second-order valence-electron chi connectivity index (χ2n) is 4.62. The van der Waals surface area contributed by atoms with Crippen molar-refractivity contribution in [3.63, 3.8) is 0 Å². The van der Waals surface area contributed by atoms with Gasteiger partial charge >= 0.3 is 0 Å². The molecule has 0 aliphatic carbocycles. The molecule has 0 spiro atoms. The summed E-state index contributed by atoms with van der Waals surface area (Å²) in [5, 5.41) is 6.31. The van der Waals surface area contributed by atoms with Crippen LogP contribution in [0.5, 0.6) is 0 Å². The molecule has 0 saturated carbocycles. The van der Waals surface area contributed by atoms with Crippen LogP contribution in [0.3, 0.4) is 0 Å². The van der Waals surface area contributed by atoms with Gasteiger partial charge in [-0.3, -0.25) is 4.79 Å². The van der Waals surface area contributed by atoms with Crippen LogP contribution in [0.1, 0.15) is 27.7 Å². The number of carbonyl (C=O) groups excluding carboxylic acids is 1. The number of carbonyl (C=O) groups is 1. The molecule has 0 fully saturated rings. The van der Waals surface area contributed by atoms with Gasteiger partial charge in [-0.15, -0.1) is 0 Å². The van der Waals surface area contributed by atoms with Gasteiger partial charge in [-0.1, -0.05) is 40.2 Å². The summed E-state index contributed by atoms with van der Waals surface area (Å²) in [6.45, 7) is 2.04. The molecule has 0 saturated heterocycles. The number of halogens is 1. The van der Waals surface area contributed by atoms with Crippen LogP contribution in [0.4, 0.5) is 5.69 Å². The highest BCUT2D eigenvalue weighted by molar-refractivity contribution is 9.10. The molecule has 1 atom stereocenters. The zero-order chi connectivity index (χ0) is 13.4. The lowest BCUT2D eigenvalue weighted by molar-refractivity contribution is 0.0935. The Labute approximate surface area is 120 Å². The standard InChI is InChI=1S/C15H13BrN2O/c1-9-6-7-10(12(16)8-9)14-17-13-5-3-2-4-11(13)15(19)18-14/h2-8,14,17H,1H3,(H,18,19). The van der Waals surface area contributed by atoms with Crippen LogP contribution < -0.4 is 10.6 Å². The van der Waals surface area contributed by atoms with Crippen LogP contribution in [0, 0.1) is 6.92 Å². The van der Waals surface area contributed by atoms with E-state index in [0.717, 1.165) is 15.7 Å². The summed E-state index contributed by atoms with van der Waals surface area (Å²) in [6.07, 6.45) is -0.211. The van der Waals surface area contributed by atoms with E-state index in [4.69, 9.17) is 0 Å². The molecule has 1 unspecified atom stereocenters. The number of hydrogen-bond donors (Lipinski definition) is 2. The Morgan fingerprint density at radius 2 is 1.89 bits per heavy atom. The quantitative estimate of drug-likeness (QED) is 0.843. The molecule has 2 N–H and O–H groups in total. The fourth-order valence-corrected chi connectivity index (χ4v) is 2.95. The SMILES string of the molecule is Cc1ccc(C2NC(=O)c3ccccc3N2)c(Br)c1. The van der Waals surface area contributed by atoms with E-state index in [1.165, 1.54) is 5.56 Å². The van der Waals surface area contributed by atoms with Gasteiger partial charge in [-0.2, -0.15) is 0 Å². The van der Waals surface area contributed by atoms with Gasteiger partial charge in [-0.25, -0.2) is 0 Å². The molecule has 2 aromatic rings. The first kappa shape index (κ1) is 12.2. The maximum atomic E-state index is 12.1. The van der Waals surface area contributed by atoms with Gasteiger partial charge in [0.2, 0.25) is 0 Å². The monoisotopic (exact) mass is 316 g/mol.